The molecule has 8 heteroatoms. The number of hydrogen-bond acceptors (Lipinski definition) is 3. The fraction of sp³-hybridized carbons (Fsp3) is 0.308. The lowest BCUT2D eigenvalue weighted by molar-refractivity contribution is -0.362. The van der Waals surface area contributed by atoms with Gasteiger partial charge in [0.1, 0.15) is 11.6 Å². The number of aryl methyl sites for hydroxylation is 1. The van der Waals surface area contributed by atoms with Crippen LogP contribution in [0.25, 0.3) is 0 Å². The number of carbonyl (C=O) groups is 1. The number of pyridine rings is 1. The van der Waals surface area contributed by atoms with Crippen molar-refractivity contribution in [2.75, 3.05) is 5.32 Å². The van der Waals surface area contributed by atoms with Crippen molar-refractivity contribution in [1.29, 1.82) is 5.26 Å². The number of halogens is 3. The maximum Gasteiger partial charge on any atom is 0.446 e. The van der Waals surface area contributed by atoms with Crippen LogP contribution >= 0.6 is 0 Å². The van der Waals surface area contributed by atoms with Crippen molar-refractivity contribution in [3.05, 3.63) is 35.2 Å². The third kappa shape index (κ3) is 2.20. The van der Waals surface area contributed by atoms with E-state index in [1.54, 1.807) is 13.0 Å². The molecule has 0 radical (unpaired) electrons. The van der Waals surface area contributed by atoms with Crippen LogP contribution in [0, 0.1) is 18.3 Å². The molecular formula is C13H12F3N4O+. The molecule has 1 aromatic rings. The zero-order valence-electron chi connectivity index (χ0n) is 11.2. The average molecular weight is 297 g/mol. The van der Waals surface area contributed by atoms with Gasteiger partial charge >= 0.3 is 11.7 Å². The van der Waals surface area contributed by atoms with E-state index in [2.05, 4.69) is 15.6 Å². The third-order valence-corrected chi connectivity index (χ3v) is 3.21. The van der Waals surface area contributed by atoms with Gasteiger partial charge in [0.05, 0.1) is 6.20 Å². The number of carbonyl (C=O) groups excluding carboxylic acids is 1. The van der Waals surface area contributed by atoms with Crippen molar-refractivity contribution in [1.82, 2.24) is 5.32 Å². The molecule has 0 saturated carbocycles. The summed E-state index contributed by atoms with van der Waals surface area (Å²) in [7, 11) is 0. The van der Waals surface area contributed by atoms with E-state index in [1.807, 2.05) is 0 Å². The summed E-state index contributed by atoms with van der Waals surface area (Å²) in [5.74, 6) is -1.33. The highest BCUT2D eigenvalue weighted by Gasteiger charge is 2.70. The number of rotatable bonds is 2. The summed E-state index contributed by atoms with van der Waals surface area (Å²) in [6.45, 7) is 2.95. The number of aromatic nitrogens is 1. The molecule has 3 N–H and O–H groups in total. The van der Waals surface area contributed by atoms with Crippen LogP contribution in [-0.4, -0.2) is 17.6 Å². The van der Waals surface area contributed by atoms with Gasteiger partial charge in [-0.3, -0.25) is 4.79 Å². The quantitative estimate of drug-likeness (QED) is 0.867. The summed E-state index contributed by atoms with van der Waals surface area (Å²) in [6, 6.07) is 4.56. The van der Waals surface area contributed by atoms with Gasteiger partial charge in [-0.05, 0) is 25.5 Å². The summed E-state index contributed by atoms with van der Waals surface area (Å²) in [4.78, 5) is 14.5. The minimum Gasteiger partial charge on any atom is -0.324 e. The molecule has 110 valence electrons. The molecule has 0 bridgehead atoms. The lowest BCUT2D eigenvalue weighted by atomic mass is 9.90. The first-order valence-electron chi connectivity index (χ1n) is 5.98. The molecule has 0 saturated heterocycles. The number of nitrogens with one attached hydrogen (secondary N) is 3. The number of nitrogens with zero attached hydrogens (tertiary/aromatic N) is 1. The van der Waals surface area contributed by atoms with E-state index >= 15 is 0 Å². The highest BCUT2D eigenvalue weighted by atomic mass is 19.4. The molecule has 0 fully saturated rings. The first kappa shape index (κ1) is 14.8. The van der Waals surface area contributed by atoms with Crippen molar-refractivity contribution in [3.63, 3.8) is 0 Å². The number of amides is 1. The van der Waals surface area contributed by atoms with Gasteiger partial charge in [0.25, 0.3) is 11.7 Å². The fourth-order valence-electron chi connectivity index (χ4n) is 2.20. The molecule has 0 aromatic carbocycles. The maximum absolute atomic E-state index is 13.5. The largest absolute Gasteiger partial charge is 0.446 e. The molecule has 0 unspecified atom stereocenters. The Morgan fingerprint density at radius 2 is 2.10 bits per heavy atom. The molecule has 2 rings (SSSR count). The summed E-state index contributed by atoms with van der Waals surface area (Å²) in [6.07, 6.45) is -3.53. The number of aromatic amines is 1. The van der Waals surface area contributed by atoms with Gasteiger partial charge in [-0.2, -0.15) is 18.4 Å². The molecule has 21 heavy (non-hydrogen) atoms. The van der Waals surface area contributed by atoms with Gasteiger partial charge in [-0.1, -0.05) is 0 Å². The van der Waals surface area contributed by atoms with Gasteiger partial charge in [0.2, 0.25) is 0 Å². The van der Waals surface area contributed by atoms with Crippen molar-refractivity contribution in [3.8, 4) is 6.07 Å². The highest BCUT2D eigenvalue weighted by Crippen LogP contribution is 2.42. The van der Waals surface area contributed by atoms with Crippen molar-refractivity contribution >= 4 is 11.7 Å². The Bertz CT molecular complexity index is 675. The molecule has 1 atom stereocenters. The first-order valence-corrected chi connectivity index (χ1v) is 5.98. The minimum absolute atomic E-state index is 0.00933. The van der Waals surface area contributed by atoms with Crippen molar-refractivity contribution < 1.29 is 22.9 Å². The summed E-state index contributed by atoms with van der Waals surface area (Å²) >= 11 is 0. The SMILES string of the molecule is CC1=C(C#N)[C@](Nc2cc(C)cc[nH+]2)(C(F)(F)F)C(=O)N1. The molecule has 0 spiro atoms. The lowest BCUT2D eigenvalue weighted by Gasteiger charge is -2.26. The van der Waals surface area contributed by atoms with E-state index in [9.17, 15) is 18.0 Å². The van der Waals surface area contributed by atoms with Crippen LogP contribution in [0.1, 0.15) is 12.5 Å². The number of hydrogen-bond donors (Lipinski definition) is 2. The van der Waals surface area contributed by atoms with E-state index in [0.717, 1.165) is 0 Å². The van der Waals surface area contributed by atoms with Crippen molar-refractivity contribution in [2.45, 2.75) is 25.6 Å². The second-order valence-corrected chi connectivity index (χ2v) is 4.72. The van der Waals surface area contributed by atoms with E-state index in [4.69, 9.17) is 5.26 Å². The van der Waals surface area contributed by atoms with Gasteiger partial charge in [-0.25, -0.2) is 10.3 Å². The van der Waals surface area contributed by atoms with Crippen LogP contribution in [-0.2, 0) is 4.79 Å². The third-order valence-electron chi connectivity index (χ3n) is 3.21. The Balaban J connectivity index is 2.60. The van der Waals surface area contributed by atoms with Crippen LogP contribution in [0.5, 0.6) is 0 Å². The fourth-order valence-corrected chi connectivity index (χ4v) is 2.20. The number of nitriles is 1. The second kappa shape index (κ2) is 4.77. The Hall–Kier alpha value is -2.56. The molecule has 1 aliphatic heterocycles. The number of H-pyrrole nitrogens is 1. The lowest BCUT2D eigenvalue weighted by Crippen LogP contribution is -2.59. The van der Waals surface area contributed by atoms with E-state index in [-0.39, 0.29) is 11.5 Å². The predicted octanol–water partition coefficient (Wildman–Crippen LogP) is 1.45. The zero-order valence-corrected chi connectivity index (χ0v) is 11.2. The summed E-state index contributed by atoms with van der Waals surface area (Å²) < 4.78 is 40.6. The molecule has 1 amide bonds. The van der Waals surface area contributed by atoms with Gasteiger partial charge in [0.15, 0.2) is 0 Å². The van der Waals surface area contributed by atoms with Gasteiger partial charge < -0.3 is 5.32 Å². The van der Waals surface area contributed by atoms with Crippen LogP contribution in [0.2, 0.25) is 0 Å². The second-order valence-electron chi connectivity index (χ2n) is 4.72. The predicted molar refractivity (Wildman–Crippen MR) is 66.6 cm³/mol. The Morgan fingerprint density at radius 3 is 2.62 bits per heavy atom. The minimum atomic E-state index is -4.97. The van der Waals surface area contributed by atoms with E-state index in [0.29, 0.717) is 5.56 Å². The molecule has 2 heterocycles. The summed E-state index contributed by atoms with van der Waals surface area (Å²) in [5, 5.41) is 13.3. The number of alkyl halides is 3. The van der Waals surface area contributed by atoms with Gasteiger partial charge in [-0.15, -0.1) is 0 Å². The Morgan fingerprint density at radius 1 is 1.43 bits per heavy atom. The normalized spacial score (nSPS) is 22.0. The van der Waals surface area contributed by atoms with Crippen LogP contribution < -0.4 is 15.6 Å². The Labute approximate surface area is 118 Å². The smallest absolute Gasteiger partial charge is 0.324 e. The molecule has 5 nitrogen and oxygen atoms in total. The molecule has 0 aliphatic carbocycles. The standard InChI is InChI=1S/C13H11F3N4O/c1-7-3-4-18-10(5-7)20-12(13(14,15)16)9(6-17)8(2)19-11(12)21/h3-5H,1-2H3,(H,18,20)(H,19,21)/p+1/t12-/m1/s1. The highest BCUT2D eigenvalue weighted by molar-refractivity contribution is 5.99. The van der Waals surface area contributed by atoms with Crippen LogP contribution in [0.4, 0.5) is 19.0 Å². The van der Waals surface area contributed by atoms with Crippen molar-refractivity contribution in [2.24, 2.45) is 0 Å². The van der Waals surface area contributed by atoms with E-state index < -0.39 is 23.2 Å². The first-order chi connectivity index (χ1) is 9.72. The maximum atomic E-state index is 13.5. The topological polar surface area (TPSA) is 79.1 Å². The number of allylic oxidation sites excluding steroid dienone is 1. The van der Waals surface area contributed by atoms with Crippen LogP contribution in [0.15, 0.2) is 29.6 Å². The average Bonchev–Trinajstić information content (AvgIpc) is 2.60. The monoisotopic (exact) mass is 297 g/mol. The zero-order chi connectivity index (χ0) is 15.8. The summed E-state index contributed by atoms with van der Waals surface area (Å²) in [5.41, 5.74) is -3.18. The number of anilines is 1. The van der Waals surface area contributed by atoms with Crippen LogP contribution in [0.3, 0.4) is 0 Å². The molecule has 1 aliphatic rings. The molecule has 1 aromatic heterocycles. The molecular weight excluding hydrogens is 285 g/mol. The van der Waals surface area contributed by atoms with Gasteiger partial charge in [0, 0.05) is 11.8 Å². The Kier molecular flexibility index (Phi) is 3.37. The van der Waals surface area contributed by atoms with E-state index in [1.165, 1.54) is 25.3 Å².